The van der Waals surface area contributed by atoms with Crippen LogP contribution >= 0.6 is 15.9 Å². The molecule has 0 aromatic carbocycles. The maximum absolute atomic E-state index is 3.88. The van der Waals surface area contributed by atoms with Crippen LogP contribution in [-0.2, 0) is 0 Å². The second-order valence-corrected chi connectivity index (χ2v) is 6.89. The molecule has 0 aliphatic heterocycles. The fourth-order valence-corrected chi connectivity index (χ4v) is 4.59. The molecule has 0 aromatic rings. The van der Waals surface area contributed by atoms with Crippen LogP contribution in [0.25, 0.3) is 0 Å². The molecule has 17 heavy (non-hydrogen) atoms. The molecule has 0 atom stereocenters. The number of hydrogen-bond donors (Lipinski definition) is 0. The molecule has 2 fully saturated rings. The van der Waals surface area contributed by atoms with E-state index in [1.807, 2.05) is 0 Å². The van der Waals surface area contributed by atoms with Gasteiger partial charge in [0.1, 0.15) is 0 Å². The van der Waals surface area contributed by atoms with E-state index in [-0.39, 0.29) is 0 Å². The molecule has 0 aromatic heterocycles. The van der Waals surface area contributed by atoms with E-state index in [0.717, 1.165) is 23.7 Å². The average molecular weight is 299 g/mol. The van der Waals surface area contributed by atoms with Gasteiger partial charge in [-0.3, -0.25) is 0 Å². The molecule has 0 amide bonds. The molecule has 0 unspecified atom stereocenters. The van der Waals surface area contributed by atoms with Gasteiger partial charge in [-0.25, -0.2) is 0 Å². The first-order valence-corrected chi connectivity index (χ1v) is 8.62. The molecular formula is C16H27Br. The van der Waals surface area contributed by atoms with Crippen LogP contribution in [0.15, 0.2) is 12.7 Å². The third kappa shape index (κ3) is 3.84. The SMILES string of the molecule is C=CC[C@H]1CC[C@H]([C@H]2CC[C@H](CBr)CC2)CC1. The third-order valence-corrected chi connectivity index (χ3v) is 6.08. The van der Waals surface area contributed by atoms with Gasteiger partial charge in [-0.05, 0) is 81.5 Å². The second-order valence-electron chi connectivity index (χ2n) is 6.24. The lowest BCUT2D eigenvalue weighted by atomic mass is 9.69. The molecule has 0 heterocycles. The number of halogens is 1. The summed E-state index contributed by atoms with van der Waals surface area (Å²) in [5.41, 5.74) is 0. The van der Waals surface area contributed by atoms with Gasteiger partial charge in [0.05, 0.1) is 0 Å². The summed E-state index contributed by atoms with van der Waals surface area (Å²) in [4.78, 5) is 0. The standard InChI is InChI=1S/C16H27Br/c1-2-3-13-4-8-15(9-5-13)16-10-6-14(12-17)7-11-16/h2,13-16H,1,3-12H2/t13-,14-,15-,16-. The minimum Gasteiger partial charge on any atom is -0.103 e. The summed E-state index contributed by atoms with van der Waals surface area (Å²) in [5.74, 6) is 4.06. The van der Waals surface area contributed by atoms with E-state index in [0.29, 0.717) is 0 Å². The first-order chi connectivity index (χ1) is 8.33. The van der Waals surface area contributed by atoms with E-state index in [9.17, 15) is 0 Å². The highest BCUT2D eigenvalue weighted by atomic mass is 79.9. The lowest BCUT2D eigenvalue weighted by Crippen LogP contribution is -2.26. The van der Waals surface area contributed by atoms with Crippen molar-refractivity contribution in [2.24, 2.45) is 23.7 Å². The molecule has 2 aliphatic carbocycles. The Kier molecular flexibility index (Phi) is 5.59. The van der Waals surface area contributed by atoms with Crippen molar-refractivity contribution in [1.82, 2.24) is 0 Å². The minimum absolute atomic E-state index is 0.961. The number of rotatable bonds is 4. The molecule has 0 saturated heterocycles. The van der Waals surface area contributed by atoms with Crippen LogP contribution in [0.3, 0.4) is 0 Å². The first-order valence-electron chi connectivity index (χ1n) is 7.50. The van der Waals surface area contributed by atoms with Crippen LogP contribution in [0.5, 0.6) is 0 Å². The Hall–Kier alpha value is 0.220. The van der Waals surface area contributed by atoms with Crippen LogP contribution in [0.1, 0.15) is 57.8 Å². The Balaban J connectivity index is 1.72. The second kappa shape index (κ2) is 6.97. The van der Waals surface area contributed by atoms with Crippen LogP contribution in [-0.4, -0.2) is 5.33 Å². The summed E-state index contributed by atoms with van der Waals surface area (Å²) >= 11 is 3.64. The molecule has 0 N–H and O–H groups in total. The molecular weight excluding hydrogens is 272 g/mol. The molecule has 0 spiro atoms. The fraction of sp³-hybridized carbons (Fsp3) is 0.875. The fourth-order valence-electron chi connectivity index (χ4n) is 3.94. The lowest BCUT2D eigenvalue weighted by molar-refractivity contribution is 0.152. The Morgan fingerprint density at radius 3 is 1.71 bits per heavy atom. The summed E-state index contributed by atoms with van der Waals surface area (Å²) in [6.45, 7) is 3.88. The van der Waals surface area contributed by atoms with Crippen molar-refractivity contribution in [3.63, 3.8) is 0 Å². The highest BCUT2D eigenvalue weighted by molar-refractivity contribution is 9.09. The van der Waals surface area contributed by atoms with Crippen molar-refractivity contribution in [2.45, 2.75) is 57.8 Å². The molecule has 0 radical (unpaired) electrons. The molecule has 1 heteroatoms. The molecule has 0 nitrogen and oxygen atoms in total. The summed E-state index contributed by atoms with van der Waals surface area (Å²) < 4.78 is 0. The van der Waals surface area contributed by atoms with Crippen molar-refractivity contribution < 1.29 is 0 Å². The maximum atomic E-state index is 3.88. The highest BCUT2D eigenvalue weighted by Gasteiger charge is 2.30. The largest absolute Gasteiger partial charge is 0.103 e. The minimum atomic E-state index is 0.961. The Morgan fingerprint density at radius 1 is 0.824 bits per heavy atom. The van der Waals surface area contributed by atoms with E-state index < -0.39 is 0 Å². The summed E-state index contributed by atoms with van der Waals surface area (Å²) in [5, 5.41) is 1.23. The van der Waals surface area contributed by atoms with Crippen molar-refractivity contribution in [3.05, 3.63) is 12.7 Å². The molecule has 98 valence electrons. The van der Waals surface area contributed by atoms with E-state index in [4.69, 9.17) is 0 Å². The monoisotopic (exact) mass is 298 g/mol. The van der Waals surface area contributed by atoms with Gasteiger partial charge in [0.2, 0.25) is 0 Å². The summed E-state index contributed by atoms with van der Waals surface area (Å²) in [7, 11) is 0. The first kappa shape index (κ1) is 13.6. The zero-order valence-corrected chi connectivity index (χ0v) is 12.6. The van der Waals surface area contributed by atoms with Crippen LogP contribution < -0.4 is 0 Å². The van der Waals surface area contributed by atoms with Gasteiger partial charge < -0.3 is 0 Å². The third-order valence-electron chi connectivity index (χ3n) is 5.17. The zero-order chi connectivity index (χ0) is 12.1. The maximum Gasteiger partial charge on any atom is 0.00596 e. The van der Waals surface area contributed by atoms with Crippen molar-refractivity contribution in [3.8, 4) is 0 Å². The van der Waals surface area contributed by atoms with Crippen LogP contribution in [0.4, 0.5) is 0 Å². The Bertz CT molecular complexity index is 220. The van der Waals surface area contributed by atoms with Gasteiger partial charge in [-0.15, -0.1) is 6.58 Å². The number of allylic oxidation sites excluding steroid dienone is 1. The van der Waals surface area contributed by atoms with E-state index in [1.54, 1.807) is 0 Å². The smallest absolute Gasteiger partial charge is 0.00596 e. The lowest BCUT2D eigenvalue weighted by Gasteiger charge is -2.37. The van der Waals surface area contributed by atoms with E-state index >= 15 is 0 Å². The number of hydrogen-bond acceptors (Lipinski definition) is 0. The highest BCUT2D eigenvalue weighted by Crippen LogP contribution is 2.42. The zero-order valence-electron chi connectivity index (χ0n) is 11.0. The summed E-state index contributed by atoms with van der Waals surface area (Å²) in [6.07, 6.45) is 15.3. The van der Waals surface area contributed by atoms with E-state index in [2.05, 4.69) is 28.6 Å². The predicted octanol–water partition coefficient (Wildman–Crippen LogP) is 5.57. The molecule has 0 bridgehead atoms. The van der Waals surface area contributed by atoms with Crippen LogP contribution in [0, 0.1) is 23.7 Å². The van der Waals surface area contributed by atoms with Gasteiger partial charge in [0.15, 0.2) is 0 Å². The van der Waals surface area contributed by atoms with Gasteiger partial charge in [-0.2, -0.15) is 0 Å². The van der Waals surface area contributed by atoms with Gasteiger partial charge >= 0.3 is 0 Å². The molecule has 2 rings (SSSR count). The van der Waals surface area contributed by atoms with Crippen molar-refractivity contribution in [1.29, 1.82) is 0 Å². The van der Waals surface area contributed by atoms with Gasteiger partial charge in [-0.1, -0.05) is 22.0 Å². The molecule has 2 aliphatic rings. The summed E-state index contributed by atoms with van der Waals surface area (Å²) in [6, 6.07) is 0. The van der Waals surface area contributed by atoms with Gasteiger partial charge in [0, 0.05) is 5.33 Å². The van der Waals surface area contributed by atoms with Crippen molar-refractivity contribution in [2.75, 3.05) is 5.33 Å². The quantitative estimate of drug-likeness (QED) is 0.470. The molecule has 2 saturated carbocycles. The Morgan fingerprint density at radius 2 is 1.29 bits per heavy atom. The number of alkyl halides is 1. The normalized spacial score (nSPS) is 38.9. The van der Waals surface area contributed by atoms with Crippen molar-refractivity contribution >= 4 is 15.9 Å². The topological polar surface area (TPSA) is 0 Å². The Labute approximate surface area is 115 Å². The van der Waals surface area contributed by atoms with E-state index in [1.165, 1.54) is 63.1 Å². The predicted molar refractivity (Wildman–Crippen MR) is 79.5 cm³/mol. The van der Waals surface area contributed by atoms with Crippen LogP contribution in [0.2, 0.25) is 0 Å². The average Bonchev–Trinajstić information content (AvgIpc) is 2.40. The van der Waals surface area contributed by atoms with Gasteiger partial charge in [0.25, 0.3) is 0 Å².